The molecule has 2 N–H and O–H groups in total. The van der Waals surface area contributed by atoms with Crippen LogP contribution < -0.4 is 10.6 Å². The number of hydrogen-bond acceptors (Lipinski definition) is 6. The zero-order valence-electron chi connectivity index (χ0n) is 19.6. The number of aromatic nitrogens is 1. The molecule has 8 heteroatoms. The highest BCUT2D eigenvalue weighted by atomic mass is 16.5. The summed E-state index contributed by atoms with van der Waals surface area (Å²) in [4.78, 5) is 31.9. The van der Waals surface area contributed by atoms with Gasteiger partial charge in [-0.05, 0) is 36.4 Å². The lowest BCUT2D eigenvalue weighted by Crippen LogP contribution is -2.41. The van der Waals surface area contributed by atoms with Gasteiger partial charge >= 0.3 is 0 Å². The second kappa shape index (κ2) is 11.0. The molecule has 8 nitrogen and oxygen atoms in total. The Hall–Kier alpha value is -4.27. The summed E-state index contributed by atoms with van der Waals surface area (Å²) >= 11 is 0. The van der Waals surface area contributed by atoms with E-state index in [1.807, 2.05) is 42.5 Å². The molecule has 2 heterocycles. The van der Waals surface area contributed by atoms with Crippen LogP contribution in [0.3, 0.4) is 0 Å². The van der Waals surface area contributed by atoms with E-state index < -0.39 is 0 Å². The van der Waals surface area contributed by atoms with E-state index in [0.717, 1.165) is 18.7 Å². The Balaban J connectivity index is 1.24. The lowest BCUT2D eigenvalue weighted by Gasteiger charge is -2.25. The highest BCUT2D eigenvalue weighted by Crippen LogP contribution is 2.28. The van der Waals surface area contributed by atoms with Gasteiger partial charge in [-0.15, -0.1) is 0 Å². The molecule has 1 aliphatic heterocycles. The summed E-state index contributed by atoms with van der Waals surface area (Å²) in [6.45, 7) is 3.12. The van der Waals surface area contributed by atoms with Crippen molar-refractivity contribution in [3.05, 3.63) is 90.6 Å². The average molecular weight is 483 g/mol. The van der Waals surface area contributed by atoms with E-state index in [2.05, 4.69) is 20.5 Å². The minimum Gasteiger partial charge on any atom is -0.436 e. The van der Waals surface area contributed by atoms with Gasteiger partial charge in [0.1, 0.15) is 0 Å². The standard InChI is InChI=1S/C28H26N4O4/c33-26(19-32-14-16-35-17-15-32)30-21-10-12-22(13-11-21)31-27(34)23-8-4-5-9-24(23)28-29-18-25(36-28)20-6-2-1-3-7-20/h1-13,18H,14-17,19H2,(H,30,33)(H,31,34). The lowest BCUT2D eigenvalue weighted by atomic mass is 10.1. The van der Waals surface area contributed by atoms with Crippen LogP contribution >= 0.6 is 0 Å². The van der Waals surface area contributed by atoms with Crippen molar-refractivity contribution >= 4 is 23.2 Å². The van der Waals surface area contributed by atoms with Gasteiger partial charge in [0.2, 0.25) is 11.8 Å². The third kappa shape index (κ3) is 5.68. The zero-order valence-corrected chi connectivity index (χ0v) is 19.6. The van der Waals surface area contributed by atoms with Crippen LogP contribution in [-0.2, 0) is 9.53 Å². The van der Waals surface area contributed by atoms with Crippen LogP contribution in [0.25, 0.3) is 22.8 Å². The van der Waals surface area contributed by atoms with E-state index in [1.54, 1.807) is 42.6 Å². The largest absolute Gasteiger partial charge is 0.436 e. The first kappa shape index (κ1) is 23.5. The molecule has 1 aromatic heterocycles. The maximum absolute atomic E-state index is 13.1. The first-order chi connectivity index (χ1) is 17.7. The number of benzene rings is 3. The van der Waals surface area contributed by atoms with Crippen molar-refractivity contribution < 1.29 is 18.7 Å². The van der Waals surface area contributed by atoms with Gasteiger partial charge in [-0.1, -0.05) is 42.5 Å². The van der Waals surface area contributed by atoms with Gasteiger partial charge in [-0.2, -0.15) is 0 Å². The highest BCUT2D eigenvalue weighted by Gasteiger charge is 2.18. The molecule has 1 aliphatic rings. The second-order valence-corrected chi connectivity index (χ2v) is 8.41. The Bertz CT molecular complexity index is 1330. The molecule has 0 bridgehead atoms. The quantitative estimate of drug-likeness (QED) is 0.402. The van der Waals surface area contributed by atoms with Gasteiger partial charge in [-0.3, -0.25) is 14.5 Å². The van der Waals surface area contributed by atoms with Crippen molar-refractivity contribution in [1.82, 2.24) is 9.88 Å². The van der Waals surface area contributed by atoms with Crippen LogP contribution in [0, 0.1) is 0 Å². The molecular formula is C28H26N4O4. The predicted molar refractivity (Wildman–Crippen MR) is 138 cm³/mol. The average Bonchev–Trinajstić information content (AvgIpc) is 3.41. The number of nitrogens with zero attached hydrogens (tertiary/aromatic N) is 2. The summed E-state index contributed by atoms with van der Waals surface area (Å²) in [5, 5.41) is 5.80. The molecule has 0 unspecified atom stereocenters. The number of anilines is 2. The fourth-order valence-corrected chi connectivity index (χ4v) is 4.00. The lowest BCUT2D eigenvalue weighted by molar-refractivity contribution is -0.118. The summed E-state index contributed by atoms with van der Waals surface area (Å²) in [7, 11) is 0. The molecule has 4 aromatic rings. The molecule has 0 spiro atoms. The highest BCUT2D eigenvalue weighted by molar-refractivity contribution is 6.08. The van der Waals surface area contributed by atoms with Gasteiger partial charge in [0.05, 0.1) is 31.5 Å². The molecule has 0 atom stereocenters. The molecule has 0 aliphatic carbocycles. The zero-order chi connectivity index (χ0) is 24.7. The SMILES string of the molecule is O=C(CN1CCOCC1)Nc1ccc(NC(=O)c2ccccc2-c2ncc(-c3ccccc3)o2)cc1. The number of amides is 2. The Labute approximate surface area is 208 Å². The molecule has 36 heavy (non-hydrogen) atoms. The van der Waals surface area contributed by atoms with E-state index in [4.69, 9.17) is 9.15 Å². The molecule has 5 rings (SSSR count). The molecule has 3 aromatic carbocycles. The van der Waals surface area contributed by atoms with Crippen LogP contribution in [0.4, 0.5) is 11.4 Å². The van der Waals surface area contributed by atoms with Gasteiger partial charge in [0.25, 0.3) is 5.91 Å². The Morgan fingerprint density at radius 3 is 2.25 bits per heavy atom. The van der Waals surface area contributed by atoms with Gasteiger partial charge in [0.15, 0.2) is 5.76 Å². The third-order valence-electron chi connectivity index (χ3n) is 5.86. The summed E-state index contributed by atoms with van der Waals surface area (Å²) in [6, 6.07) is 23.9. The van der Waals surface area contributed by atoms with Crippen molar-refractivity contribution in [3.63, 3.8) is 0 Å². The molecule has 2 amide bonds. The number of hydrogen-bond donors (Lipinski definition) is 2. The van der Waals surface area contributed by atoms with E-state index in [9.17, 15) is 9.59 Å². The topological polar surface area (TPSA) is 96.7 Å². The van der Waals surface area contributed by atoms with Crippen LogP contribution in [-0.4, -0.2) is 54.5 Å². The fraction of sp³-hybridized carbons (Fsp3) is 0.179. The maximum atomic E-state index is 13.1. The molecule has 0 radical (unpaired) electrons. The number of oxazole rings is 1. The first-order valence-corrected chi connectivity index (χ1v) is 11.8. The van der Waals surface area contributed by atoms with E-state index >= 15 is 0 Å². The van der Waals surface area contributed by atoms with Crippen LogP contribution in [0.1, 0.15) is 10.4 Å². The van der Waals surface area contributed by atoms with Gasteiger partial charge < -0.3 is 19.8 Å². The summed E-state index contributed by atoms with van der Waals surface area (Å²) < 4.78 is 11.3. The summed E-state index contributed by atoms with van der Waals surface area (Å²) in [6.07, 6.45) is 1.66. The Morgan fingerprint density at radius 2 is 1.50 bits per heavy atom. The number of ether oxygens (including phenoxy) is 1. The van der Waals surface area contributed by atoms with E-state index in [1.165, 1.54) is 0 Å². The van der Waals surface area contributed by atoms with Crippen molar-refractivity contribution in [3.8, 4) is 22.8 Å². The molecular weight excluding hydrogens is 456 g/mol. The second-order valence-electron chi connectivity index (χ2n) is 8.41. The number of rotatable bonds is 7. The van der Waals surface area contributed by atoms with Crippen molar-refractivity contribution in [1.29, 1.82) is 0 Å². The third-order valence-corrected chi connectivity index (χ3v) is 5.86. The van der Waals surface area contributed by atoms with Gasteiger partial charge in [0, 0.05) is 35.6 Å². The number of carbonyl (C=O) groups is 2. The molecule has 182 valence electrons. The fourth-order valence-electron chi connectivity index (χ4n) is 4.00. The van der Waals surface area contributed by atoms with Crippen molar-refractivity contribution in [2.75, 3.05) is 43.5 Å². The van der Waals surface area contributed by atoms with Crippen molar-refractivity contribution in [2.24, 2.45) is 0 Å². The number of carbonyl (C=O) groups excluding carboxylic acids is 2. The smallest absolute Gasteiger partial charge is 0.256 e. The van der Waals surface area contributed by atoms with Crippen LogP contribution in [0.2, 0.25) is 0 Å². The Kier molecular flexibility index (Phi) is 7.16. The van der Waals surface area contributed by atoms with Gasteiger partial charge in [-0.25, -0.2) is 4.98 Å². The minimum absolute atomic E-state index is 0.0802. The van der Waals surface area contributed by atoms with Crippen LogP contribution in [0.15, 0.2) is 89.5 Å². The number of nitrogens with one attached hydrogen (secondary N) is 2. The minimum atomic E-state index is -0.283. The number of morpholine rings is 1. The molecule has 1 saturated heterocycles. The normalized spacial score (nSPS) is 13.8. The monoisotopic (exact) mass is 482 g/mol. The molecule has 0 saturated carbocycles. The van der Waals surface area contributed by atoms with E-state index in [0.29, 0.717) is 53.9 Å². The van der Waals surface area contributed by atoms with Crippen molar-refractivity contribution in [2.45, 2.75) is 0 Å². The summed E-state index contributed by atoms with van der Waals surface area (Å²) in [5.74, 6) is 0.641. The van der Waals surface area contributed by atoms with E-state index in [-0.39, 0.29) is 11.8 Å². The predicted octanol–water partition coefficient (Wildman–Crippen LogP) is 4.53. The maximum Gasteiger partial charge on any atom is 0.256 e. The summed E-state index contributed by atoms with van der Waals surface area (Å²) in [5.41, 5.74) is 3.24. The van der Waals surface area contributed by atoms with Crippen LogP contribution in [0.5, 0.6) is 0 Å². The first-order valence-electron chi connectivity index (χ1n) is 11.8. The Morgan fingerprint density at radius 1 is 0.833 bits per heavy atom. The molecule has 1 fully saturated rings.